The third kappa shape index (κ3) is 3.95. The number of aromatic amines is 1. The zero-order chi connectivity index (χ0) is 15.5. The molecular weight excluding hydrogens is 288 g/mol. The molecule has 1 aliphatic carbocycles. The van der Waals surface area contributed by atoms with Gasteiger partial charge in [-0.1, -0.05) is 26.7 Å². The molecule has 0 aromatic carbocycles. The molecule has 1 heterocycles. The van der Waals surface area contributed by atoms with Crippen LogP contribution in [0.5, 0.6) is 0 Å². The lowest BCUT2D eigenvalue weighted by atomic mass is 9.79. The first-order chi connectivity index (χ1) is 9.85. The third-order valence-corrected chi connectivity index (χ3v) is 5.64. The summed E-state index contributed by atoms with van der Waals surface area (Å²) in [4.78, 5) is 14.1. The van der Waals surface area contributed by atoms with Gasteiger partial charge in [-0.05, 0) is 30.6 Å². The molecule has 0 radical (unpaired) electrons. The Hall–Kier alpha value is -1.14. The van der Waals surface area contributed by atoms with Crippen LogP contribution in [0.25, 0.3) is 0 Å². The first-order valence-corrected chi connectivity index (χ1v) is 9.00. The Morgan fingerprint density at radius 1 is 1.33 bits per heavy atom. The van der Waals surface area contributed by atoms with E-state index in [1.807, 2.05) is 0 Å². The fourth-order valence-electron chi connectivity index (χ4n) is 3.38. The Balaban J connectivity index is 2.14. The second-order valence-electron chi connectivity index (χ2n) is 6.50. The lowest BCUT2D eigenvalue weighted by Gasteiger charge is -2.31. The predicted octanol–water partition coefficient (Wildman–Crippen LogP) is 2.26. The zero-order valence-corrected chi connectivity index (χ0v) is 13.5. The van der Waals surface area contributed by atoms with Gasteiger partial charge < -0.3 is 4.98 Å². The van der Waals surface area contributed by atoms with Crippen molar-refractivity contribution in [2.45, 2.75) is 50.8 Å². The molecule has 6 heteroatoms. The lowest BCUT2D eigenvalue weighted by Crippen LogP contribution is -2.38. The SMILES string of the molecule is CC(C)CC1(CNS(=O)(=O)c2c[nH]ccc2=O)CCCC1. The lowest BCUT2D eigenvalue weighted by molar-refractivity contribution is 0.236. The standard InChI is InChI=1S/C15H24N2O3S/c1-12(2)9-15(6-3-4-7-15)11-17-21(19,20)14-10-16-8-5-13(14)18/h5,8,10,12,17H,3-4,6-7,9,11H2,1-2H3,(H,16,18). The molecule has 0 amide bonds. The largest absolute Gasteiger partial charge is 0.366 e. The van der Waals surface area contributed by atoms with Crippen molar-refractivity contribution in [1.82, 2.24) is 9.71 Å². The molecule has 2 N–H and O–H groups in total. The molecule has 0 atom stereocenters. The van der Waals surface area contributed by atoms with Crippen molar-refractivity contribution in [2.75, 3.05) is 6.54 Å². The molecule has 0 spiro atoms. The number of nitrogens with one attached hydrogen (secondary N) is 2. The van der Waals surface area contributed by atoms with Crippen LogP contribution in [0.4, 0.5) is 0 Å². The Bertz CT molecular complexity index is 628. The summed E-state index contributed by atoms with van der Waals surface area (Å²) < 4.78 is 27.3. The third-order valence-electron chi connectivity index (χ3n) is 4.22. The highest BCUT2D eigenvalue weighted by atomic mass is 32.2. The van der Waals surface area contributed by atoms with Gasteiger partial charge >= 0.3 is 0 Å². The summed E-state index contributed by atoms with van der Waals surface area (Å²) in [7, 11) is -3.75. The van der Waals surface area contributed by atoms with Gasteiger partial charge in [0.1, 0.15) is 4.90 Å². The number of hydrogen-bond acceptors (Lipinski definition) is 3. The van der Waals surface area contributed by atoms with E-state index in [9.17, 15) is 13.2 Å². The quantitative estimate of drug-likeness (QED) is 0.845. The van der Waals surface area contributed by atoms with Crippen molar-refractivity contribution < 1.29 is 8.42 Å². The highest BCUT2D eigenvalue weighted by Crippen LogP contribution is 2.42. The summed E-state index contributed by atoms with van der Waals surface area (Å²) in [6, 6.07) is 1.23. The number of aromatic nitrogens is 1. The minimum Gasteiger partial charge on any atom is -0.366 e. The molecule has 1 aromatic heterocycles. The molecule has 5 nitrogen and oxygen atoms in total. The summed E-state index contributed by atoms with van der Waals surface area (Å²) in [5.41, 5.74) is -0.437. The Kier molecular flexibility index (Phi) is 4.88. The first-order valence-electron chi connectivity index (χ1n) is 7.51. The molecule has 0 aliphatic heterocycles. The van der Waals surface area contributed by atoms with E-state index in [1.54, 1.807) is 0 Å². The molecule has 118 valence electrons. The molecule has 0 bridgehead atoms. The zero-order valence-electron chi connectivity index (χ0n) is 12.7. The van der Waals surface area contributed by atoms with Gasteiger partial charge in [-0.3, -0.25) is 4.79 Å². The Morgan fingerprint density at radius 2 is 2.00 bits per heavy atom. The normalized spacial score (nSPS) is 18.2. The molecule has 21 heavy (non-hydrogen) atoms. The molecule has 1 saturated carbocycles. The molecule has 0 saturated heterocycles. The monoisotopic (exact) mass is 312 g/mol. The second-order valence-corrected chi connectivity index (χ2v) is 8.24. The maximum atomic E-state index is 12.3. The number of hydrogen-bond donors (Lipinski definition) is 2. The van der Waals surface area contributed by atoms with Gasteiger partial charge in [0.2, 0.25) is 15.5 Å². The number of H-pyrrole nitrogens is 1. The minimum absolute atomic E-state index is 0.0444. The molecule has 2 rings (SSSR count). The van der Waals surface area contributed by atoms with Crippen molar-refractivity contribution in [3.63, 3.8) is 0 Å². The van der Waals surface area contributed by atoms with E-state index in [0.717, 1.165) is 32.1 Å². The van der Waals surface area contributed by atoms with Crippen LogP contribution in [-0.2, 0) is 10.0 Å². The van der Waals surface area contributed by atoms with Crippen molar-refractivity contribution >= 4 is 10.0 Å². The van der Waals surface area contributed by atoms with Gasteiger partial charge in [-0.25, -0.2) is 13.1 Å². The fraction of sp³-hybridized carbons (Fsp3) is 0.667. The number of rotatable bonds is 6. The van der Waals surface area contributed by atoms with Crippen LogP contribution in [0.3, 0.4) is 0 Å². The summed E-state index contributed by atoms with van der Waals surface area (Å²) in [5.74, 6) is 0.535. The van der Waals surface area contributed by atoms with Crippen molar-refractivity contribution in [1.29, 1.82) is 0 Å². The van der Waals surface area contributed by atoms with Gasteiger partial charge in [-0.15, -0.1) is 0 Å². The van der Waals surface area contributed by atoms with Crippen LogP contribution in [0.2, 0.25) is 0 Å². The smallest absolute Gasteiger partial charge is 0.245 e. The molecule has 1 fully saturated rings. The van der Waals surface area contributed by atoms with Gasteiger partial charge in [0, 0.05) is 25.0 Å². The van der Waals surface area contributed by atoms with Crippen molar-refractivity contribution in [3.05, 3.63) is 28.7 Å². The maximum Gasteiger partial charge on any atom is 0.245 e. The Labute approximate surface area is 126 Å². The average Bonchev–Trinajstić information content (AvgIpc) is 2.85. The van der Waals surface area contributed by atoms with E-state index >= 15 is 0 Å². The van der Waals surface area contributed by atoms with E-state index in [0.29, 0.717) is 12.5 Å². The predicted molar refractivity (Wildman–Crippen MR) is 82.6 cm³/mol. The van der Waals surface area contributed by atoms with Crippen molar-refractivity contribution in [2.24, 2.45) is 11.3 Å². The maximum absolute atomic E-state index is 12.3. The van der Waals surface area contributed by atoms with Crippen LogP contribution < -0.4 is 10.2 Å². The van der Waals surface area contributed by atoms with Gasteiger partial charge in [0.15, 0.2) is 0 Å². The van der Waals surface area contributed by atoms with E-state index in [-0.39, 0.29) is 10.3 Å². The van der Waals surface area contributed by atoms with Crippen LogP contribution in [0.1, 0.15) is 46.0 Å². The topological polar surface area (TPSA) is 79.0 Å². The molecule has 1 aliphatic rings. The van der Waals surface area contributed by atoms with E-state index < -0.39 is 15.5 Å². The minimum atomic E-state index is -3.75. The summed E-state index contributed by atoms with van der Waals surface area (Å²) in [6.07, 6.45) is 8.10. The Morgan fingerprint density at radius 3 is 2.57 bits per heavy atom. The average molecular weight is 312 g/mol. The highest BCUT2D eigenvalue weighted by molar-refractivity contribution is 7.89. The molecule has 0 unspecified atom stereocenters. The van der Waals surface area contributed by atoms with Crippen LogP contribution >= 0.6 is 0 Å². The molecule has 1 aromatic rings. The first kappa shape index (κ1) is 16.2. The number of pyridine rings is 1. The summed E-state index contributed by atoms with van der Waals surface area (Å²) in [6.45, 7) is 4.74. The van der Waals surface area contributed by atoms with Crippen LogP contribution in [0.15, 0.2) is 28.2 Å². The second kappa shape index (κ2) is 6.32. The van der Waals surface area contributed by atoms with E-state index in [4.69, 9.17) is 0 Å². The van der Waals surface area contributed by atoms with Crippen molar-refractivity contribution in [3.8, 4) is 0 Å². The molecular formula is C15H24N2O3S. The van der Waals surface area contributed by atoms with E-state index in [1.165, 1.54) is 18.5 Å². The van der Waals surface area contributed by atoms with Gasteiger partial charge in [0.05, 0.1) is 0 Å². The fourth-order valence-corrected chi connectivity index (χ4v) is 4.59. The van der Waals surface area contributed by atoms with Crippen LogP contribution in [-0.4, -0.2) is 19.9 Å². The summed E-state index contributed by atoms with van der Waals surface area (Å²) >= 11 is 0. The highest BCUT2D eigenvalue weighted by Gasteiger charge is 2.35. The summed E-state index contributed by atoms with van der Waals surface area (Å²) in [5, 5.41) is 0. The van der Waals surface area contributed by atoms with Crippen LogP contribution in [0, 0.1) is 11.3 Å². The van der Waals surface area contributed by atoms with Gasteiger partial charge in [-0.2, -0.15) is 0 Å². The van der Waals surface area contributed by atoms with E-state index in [2.05, 4.69) is 23.6 Å². The van der Waals surface area contributed by atoms with Gasteiger partial charge in [0.25, 0.3) is 0 Å². The number of sulfonamides is 1.